The molecule has 1 aromatic heterocycles. The van der Waals surface area contributed by atoms with E-state index in [1.165, 1.54) is 0 Å². The van der Waals surface area contributed by atoms with Gasteiger partial charge >= 0.3 is 0 Å². The molecule has 0 aliphatic rings. The number of rotatable bonds is 3. The molecule has 0 amide bonds. The van der Waals surface area contributed by atoms with E-state index in [4.69, 9.17) is 17.3 Å². The molecular weight excluding hydrogens is 246 g/mol. The zero-order valence-electron chi connectivity index (χ0n) is 10.5. The Morgan fingerprint density at radius 3 is 2.67 bits per heavy atom. The summed E-state index contributed by atoms with van der Waals surface area (Å²) in [5, 5.41) is 0.662. The number of aryl methyl sites for hydroxylation is 1. The van der Waals surface area contributed by atoms with Gasteiger partial charge in [0, 0.05) is 29.4 Å². The van der Waals surface area contributed by atoms with Crippen molar-refractivity contribution in [3.63, 3.8) is 0 Å². The van der Waals surface area contributed by atoms with Crippen LogP contribution in [-0.2, 0) is 6.42 Å². The Morgan fingerprint density at radius 2 is 2.00 bits per heavy atom. The van der Waals surface area contributed by atoms with Crippen molar-refractivity contribution in [3.8, 4) is 11.4 Å². The molecule has 0 fully saturated rings. The van der Waals surface area contributed by atoms with Gasteiger partial charge in [-0.05, 0) is 32.0 Å². The lowest BCUT2D eigenvalue weighted by molar-refractivity contribution is 0.719. The van der Waals surface area contributed by atoms with E-state index in [1.54, 1.807) is 0 Å². The van der Waals surface area contributed by atoms with E-state index in [9.17, 15) is 0 Å². The Labute approximate surface area is 112 Å². The first-order valence-electron chi connectivity index (χ1n) is 5.91. The van der Waals surface area contributed by atoms with Gasteiger partial charge in [-0.25, -0.2) is 9.97 Å². The molecule has 0 bridgehead atoms. The van der Waals surface area contributed by atoms with Crippen LogP contribution in [0.25, 0.3) is 11.4 Å². The van der Waals surface area contributed by atoms with Crippen LogP contribution in [0.5, 0.6) is 0 Å². The van der Waals surface area contributed by atoms with Gasteiger partial charge in [-0.1, -0.05) is 23.7 Å². The van der Waals surface area contributed by atoms with Crippen LogP contribution in [-0.4, -0.2) is 16.0 Å². The van der Waals surface area contributed by atoms with Gasteiger partial charge in [0.25, 0.3) is 0 Å². The molecule has 1 heterocycles. The fraction of sp³-hybridized carbons (Fsp3) is 0.286. The summed E-state index contributed by atoms with van der Waals surface area (Å²) in [6, 6.07) is 9.63. The molecule has 1 aromatic carbocycles. The molecule has 2 N–H and O–H groups in total. The number of hydrogen-bond acceptors (Lipinski definition) is 3. The van der Waals surface area contributed by atoms with Gasteiger partial charge in [0.1, 0.15) is 0 Å². The first-order chi connectivity index (χ1) is 8.56. The lowest BCUT2D eigenvalue weighted by Crippen LogP contribution is -2.19. The Bertz CT molecular complexity index is 552. The van der Waals surface area contributed by atoms with E-state index in [2.05, 4.69) is 9.97 Å². The van der Waals surface area contributed by atoms with E-state index >= 15 is 0 Å². The van der Waals surface area contributed by atoms with Gasteiger partial charge in [-0.15, -0.1) is 0 Å². The van der Waals surface area contributed by atoms with Crippen LogP contribution in [0.2, 0.25) is 5.02 Å². The Hall–Kier alpha value is -1.45. The van der Waals surface area contributed by atoms with Crippen molar-refractivity contribution in [2.45, 2.75) is 26.3 Å². The number of hydrogen-bond donors (Lipinski definition) is 1. The second-order valence-electron chi connectivity index (χ2n) is 4.49. The third kappa shape index (κ3) is 3.06. The molecule has 0 spiro atoms. The summed E-state index contributed by atoms with van der Waals surface area (Å²) >= 11 is 6.16. The van der Waals surface area contributed by atoms with Crippen molar-refractivity contribution in [2.24, 2.45) is 5.73 Å². The van der Waals surface area contributed by atoms with Crippen LogP contribution >= 0.6 is 11.6 Å². The van der Waals surface area contributed by atoms with Crippen LogP contribution in [0.15, 0.2) is 30.3 Å². The molecule has 1 unspecified atom stereocenters. The summed E-state index contributed by atoms with van der Waals surface area (Å²) in [4.78, 5) is 8.97. The van der Waals surface area contributed by atoms with Gasteiger partial charge in [-0.3, -0.25) is 0 Å². The number of aromatic nitrogens is 2. The Balaban J connectivity index is 2.45. The molecule has 18 heavy (non-hydrogen) atoms. The fourth-order valence-electron chi connectivity index (χ4n) is 1.83. The molecule has 3 nitrogen and oxygen atoms in total. The van der Waals surface area contributed by atoms with Gasteiger partial charge in [-0.2, -0.15) is 0 Å². The number of benzene rings is 1. The molecule has 1 atom stereocenters. The highest BCUT2D eigenvalue weighted by molar-refractivity contribution is 6.33. The predicted molar refractivity (Wildman–Crippen MR) is 74.6 cm³/mol. The molecule has 4 heteroatoms. The minimum absolute atomic E-state index is 0.0818. The zero-order valence-corrected chi connectivity index (χ0v) is 11.3. The van der Waals surface area contributed by atoms with Crippen LogP contribution in [0.3, 0.4) is 0 Å². The van der Waals surface area contributed by atoms with Crippen molar-refractivity contribution >= 4 is 11.6 Å². The largest absolute Gasteiger partial charge is 0.328 e. The minimum atomic E-state index is 0.0818. The lowest BCUT2D eigenvalue weighted by atomic mass is 10.1. The predicted octanol–water partition coefficient (Wildman–Crippen LogP) is 3.00. The van der Waals surface area contributed by atoms with Crippen LogP contribution in [0.1, 0.15) is 18.3 Å². The molecule has 0 radical (unpaired) electrons. The summed E-state index contributed by atoms with van der Waals surface area (Å²) in [6.07, 6.45) is 0.737. The van der Waals surface area contributed by atoms with Crippen LogP contribution in [0.4, 0.5) is 0 Å². The molecule has 0 saturated heterocycles. The summed E-state index contributed by atoms with van der Waals surface area (Å²) in [5.74, 6) is 0.663. The Kier molecular flexibility index (Phi) is 3.94. The maximum absolute atomic E-state index is 6.16. The van der Waals surface area contributed by atoms with E-state index in [1.807, 2.05) is 44.2 Å². The smallest absolute Gasteiger partial charge is 0.161 e. The van der Waals surface area contributed by atoms with Crippen molar-refractivity contribution in [1.29, 1.82) is 0 Å². The van der Waals surface area contributed by atoms with Crippen molar-refractivity contribution < 1.29 is 0 Å². The molecule has 94 valence electrons. The van der Waals surface area contributed by atoms with Gasteiger partial charge < -0.3 is 5.73 Å². The molecular formula is C14H16ClN3. The SMILES string of the molecule is Cc1cc(CC(C)N)nc(-c2ccccc2Cl)n1. The van der Waals surface area contributed by atoms with Crippen LogP contribution in [0, 0.1) is 6.92 Å². The fourth-order valence-corrected chi connectivity index (χ4v) is 2.05. The average Bonchev–Trinajstić information content (AvgIpc) is 2.27. The third-order valence-corrected chi connectivity index (χ3v) is 2.88. The second kappa shape index (κ2) is 5.46. The van der Waals surface area contributed by atoms with Crippen molar-refractivity contribution in [2.75, 3.05) is 0 Å². The summed E-state index contributed by atoms with van der Waals surface area (Å²) < 4.78 is 0. The Morgan fingerprint density at radius 1 is 1.28 bits per heavy atom. The van der Waals surface area contributed by atoms with Gasteiger partial charge in [0.2, 0.25) is 0 Å². The standard InChI is InChI=1S/C14H16ClN3/c1-9(16)7-11-8-10(2)17-14(18-11)12-5-3-4-6-13(12)15/h3-6,8-9H,7,16H2,1-2H3. The highest BCUT2D eigenvalue weighted by Gasteiger charge is 2.09. The normalized spacial score (nSPS) is 12.4. The zero-order chi connectivity index (χ0) is 13.1. The van der Waals surface area contributed by atoms with Crippen molar-refractivity contribution in [3.05, 3.63) is 46.7 Å². The van der Waals surface area contributed by atoms with Gasteiger partial charge in [0.15, 0.2) is 5.82 Å². The third-order valence-electron chi connectivity index (χ3n) is 2.55. The molecule has 0 saturated carbocycles. The monoisotopic (exact) mass is 261 g/mol. The average molecular weight is 262 g/mol. The van der Waals surface area contributed by atoms with E-state index in [0.717, 1.165) is 23.4 Å². The first-order valence-corrected chi connectivity index (χ1v) is 6.29. The molecule has 2 aromatic rings. The van der Waals surface area contributed by atoms with Crippen molar-refractivity contribution in [1.82, 2.24) is 9.97 Å². The first kappa shape index (κ1) is 13.0. The maximum atomic E-state index is 6.16. The summed E-state index contributed by atoms with van der Waals surface area (Å²) in [5.41, 5.74) is 8.54. The molecule has 0 aliphatic heterocycles. The summed E-state index contributed by atoms with van der Waals surface area (Å²) in [6.45, 7) is 3.92. The quantitative estimate of drug-likeness (QED) is 0.924. The number of halogens is 1. The highest BCUT2D eigenvalue weighted by atomic mass is 35.5. The van der Waals surface area contributed by atoms with E-state index in [0.29, 0.717) is 10.8 Å². The molecule has 0 aliphatic carbocycles. The number of nitrogens with two attached hydrogens (primary N) is 1. The molecule has 2 rings (SSSR count). The van der Waals surface area contributed by atoms with Gasteiger partial charge in [0.05, 0.1) is 5.02 Å². The summed E-state index contributed by atoms with van der Waals surface area (Å²) in [7, 11) is 0. The van der Waals surface area contributed by atoms with Crippen LogP contribution < -0.4 is 5.73 Å². The van der Waals surface area contributed by atoms with E-state index < -0.39 is 0 Å². The van der Waals surface area contributed by atoms with E-state index in [-0.39, 0.29) is 6.04 Å². The topological polar surface area (TPSA) is 51.8 Å². The highest BCUT2D eigenvalue weighted by Crippen LogP contribution is 2.25. The maximum Gasteiger partial charge on any atom is 0.161 e. The minimum Gasteiger partial charge on any atom is -0.328 e. The second-order valence-corrected chi connectivity index (χ2v) is 4.89. The lowest BCUT2D eigenvalue weighted by Gasteiger charge is -2.09. The number of nitrogens with zero attached hydrogens (tertiary/aromatic N) is 2.